The lowest BCUT2D eigenvalue weighted by Gasteiger charge is -2.43. The molecule has 32 heavy (non-hydrogen) atoms. The van der Waals surface area contributed by atoms with E-state index in [1.165, 1.54) is 6.07 Å². The van der Waals surface area contributed by atoms with Gasteiger partial charge in [-0.25, -0.2) is 0 Å². The van der Waals surface area contributed by atoms with Gasteiger partial charge in [0, 0.05) is 27.8 Å². The maximum atomic E-state index is 13.0. The fourth-order valence-corrected chi connectivity index (χ4v) is 4.39. The minimum Gasteiger partial charge on any atom is -0.497 e. The van der Waals surface area contributed by atoms with Crippen molar-refractivity contribution in [3.63, 3.8) is 0 Å². The molecule has 4 rings (SSSR count). The van der Waals surface area contributed by atoms with E-state index in [1.807, 2.05) is 0 Å². The van der Waals surface area contributed by atoms with Gasteiger partial charge in [-0.05, 0) is 42.5 Å². The van der Waals surface area contributed by atoms with Gasteiger partial charge >= 0.3 is 0 Å². The first-order chi connectivity index (χ1) is 15.3. The van der Waals surface area contributed by atoms with E-state index in [9.17, 15) is 14.4 Å². The first-order valence-corrected chi connectivity index (χ1v) is 10.6. The molecule has 5 N–H and O–H groups in total. The van der Waals surface area contributed by atoms with Crippen LogP contribution in [0.3, 0.4) is 0 Å². The van der Waals surface area contributed by atoms with E-state index in [4.69, 9.17) is 27.9 Å². The highest BCUT2D eigenvalue weighted by Gasteiger charge is 2.48. The number of ether oxygens (including phenoxy) is 1. The Bertz CT molecular complexity index is 1030. The lowest BCUT2D eigenvalue weighted by Crippen LogP contribution is -2.72. The van der Waals surface area contributed by atoms with Gasteiger partial charge < -0.3 is 26.0 Å². The predicted octanol–water partition coefficient (Wildman–Crippen LogP) is 2.13. The Labute approximate surface area is 194 Å². The van der Waals surface area contributed by atoms with Gasteiger partial charge in [0.05, 0.1) is 25.1 Å². The highest BCUT2D eigenvalue weighted by molar-refractivity contribution is 6.35. The Morgan fingerprint density at radius 3 is 2.38 bits per heavy atom. The summed E-state index contributed by atoms with van der Waals surface area (Å²) in [6.45, 7) is 0. The minimum atomic E-state index is -0.874. The molecule has 0 saturated carbocycles. The first-order valence-electron chi connectivity index (χ1n) is 9.86. The number of hydrogen-bond acceptors (Lipinski definition) is 6. The monoisotopic (exact) mass is 477 g/mol. The molecule has 2 aromatic carbocycles. The van der Waals surface area contributed by atoms with E-state index in [0.717, 1.165) is 5.69 Å². The van der Waals surface area contributed by atoms with E-state index in [2.05, 4.69) is 26.6 Å². The fraction of sp³-hybridized carbons (Fsp3) is 0.286. The van der Waals surface area contributed by atoms with Crippen LogP contribution in [-0.4, -0.2) is 37.3 Å². The number of methoxy groups -OCH3 is 1. The van der Waals surface area contributed by atoms with Gasteiger partial charge in [-0.1, -0.05) is 23.2 Å². The molecule has 4 unspecified atom stereocenters. The molecule has 4 atom stereocenters. The third-order valence-electron chi connectivity index (χ3n) is 5.32. The quantitative estimate of drug-likeness (QED) is 0.449. The lowest BCUT2D eigenvalue weighted by molar-refractivity contribution is -0.144. The molecule has 0 radical (unpaired) electrons. The van der Waals surface area contributed by atoms with Crippen LogP contribution in [0.15, 0.2) is 42.5 Å². The summed E-state index contributed by atoms with van der Waals surface area (Å²) in [5.74, 6) is -2.13. The number of anilines is 2. The summed E-state index contributed by atoms with van der Waals surface area (Å²) in [4.78, 5) is 38.2. The highest BCUT2D eigenvalue weighted by atomic mass is 35.5. The highest BCUT2D eigenvalue weighted by Crippen LogP contribution is 2.29. The Balaban J connectivity index is 1.47. The molecule has 9 nitrogen and oxygen atoms in total. The topological polar surface area (TPSA) is 121 Å². The van der Waals surface area contributed by atoms with E-state index in [0.29, 0.717) is 21.5 Å². The van der Waals surface area contributed by atoms with Crippen LogP contribution >= 0.6 is 23.2 Å². The number of benzene rings is 2. The zero-order valence-electron chi connectivity index (χ0n) is 16.9. The standard InChI is InChI=1S/C21H21Cl2N5O4/c1-32-14-4-2-12(3-5-14)25-21-27-18-17(20(31)28-21)15(9-16(29)26-18)19(30)24-13-7-10(22)6-11(23)8-13/h2-8,15,17-18,21,25,27H,9H2,1H3,(H,24,30)(H,26,29)(H,28,31). The summed E-state index contributed by atoms with van der Waals surface area (Å²) < 4.78 is 5.14. The molecule has 2 aliphatic heterocycles. The van der Waals surface area contributed by atoms with Crippen molar-refractivity contribution in [3.05, 3.63) is 52.5 Å². The Hall–Kier alpha value is -3.01. The van der Waals surface area contributed by atoms with Gasteiger partial charge in [0.2, 0.25) is 17.7 Å². The number of halogens is 2. The van der Waals surface area contributed by atoms with Crippen LogP contribution in [0.1, 0.15) is 6.42 Å². The molecule has 2 fully saturated rings. The fourth-order valence-electron chi connectivity index (χ4n) is 3.87. The normalized spacial score (nSPS) is 24.6. The maximum absolute atomic E-state index is 13.0. The first kappa shape index (κ1) is 22.2. The van der Waals surface area contributed by atoms with Crippen molar-refractivity contribution in [3.8, 4) is 5.75 Å². The van der Waals surface area contributed by atoms with Crippen LogP contribution in [0.2, 0.25) is 10.0 Å². The smallest absolute Gasteiger partial charge is 0.229 e. The molecule has 0 bridgehead atoms. The Morgan fingerprint density at radius 1 is 1.03 bits per heavy atom. The van der Waals surface area contributed by atoms with Crippen LogP contribution < -0.4 is 31.3 Å². The predicted molar refractivity (Wildman–Crippen MR) is 120 cm³/mol. The molecule has 0 aliphatic carbocycles. The number of hydrogen-bond donors (Lipinski definition) is 5. The van der Waals surface area contributed by atoms with Crippen molar-refractivity contribution in [2.24, 2.45) is 11.8 Å². The maximum Gasteiger partial charge on any atom is 0.229 e. The second-order valence-corrected chi connectivity index (χ2v) is 8.38. The van der Waals surface area contributed by atoms with Crippen molar-refractivity contribution >= 4 is 52.3 Å². The molecular formula is C21H21Cl2N5O4. The number of rotatable bonds is 5. The summed E-state index contributed by atoms with van der Waals surface area (Å²) in [6, 6.07) is 11.8. The van der Waals surface area contributed by atoms with Gasteiger partial charge in [-0.2, -0.15) is 0 Å². The van der Waals surface area contributed by atoms with E-state index < -0.39 is 30.2 Å². The molecule has 2 saturated heterocycles. The van der Waals surface area contributed by atoms with Crippen LogP contribution in [0.25, 0.3) is 0 Å². The largest absolute Gasteiger partial charge is 0.497 e. The van der Waals surface area contributed by atoms with Crippen molar-refractivity contribution in [1.82, 2.24) is 16.0 Å². The van der Waals surface area contributed by atoms with Gasteiger partial charge in [0.25, 0.3) is 0 Å². The zero-order chi connectivity index (χ0) is 22.8. The molecular weight excluding hydrogens is 457 g/mol. The molecule has 11 heteroatoms. The summed E-state index contributed by atoms with van der Waals surface area (Å²) in [7, 11) is 1.57. The van der Waals surface area contributed by atoms with Crippen molar-refractivity contribution in [2.45, 2.75) is 18.9 Å². The van der Waals surface area contributed by atoms with Crippen molar-refractivity contribution in [1.29, 1.82) is 0 Å². The van der Waals surface area contributed by atoms with Crippen LogP contribution in [-0.2, 0) is 14.4 Å². The van der Waals surface area contributed by atoms with E-state index >= 15 is 0 Å². The summed E-state index contributed by atoms with van der Waals surface area (Å²) in [5.41, 5.74) is 1.12. The number of nitrogens with one attached hydrogen (secondary N) is 5. The number of piperidine rings is 1. The van der Waals surface area contributed by atoms with Gasteiger partial charge in [-0.3, -0.25) is 19.7 Å². The zero-order valence-corrected chi connectivity index (χ0v) is 18.5. The third-order valence-corrected chi connectivity index (χ3v) is 5.75. The summed E-state index contributed by atoms with van der Waals surface area (Å²) in [6.07, 6.45) is -1.49. The number of carbonyl (C=O) groups excluding carboxylic acids is 3. The molecule has 2 aliphatic rings. The third kappa shape index (κ3) is 4.90. The van der Waals surface area contributed by atoms with Crippen LogP contribution in [0.4, 0.5) is 11.4 Å². The van der Waals surface area contributed by atoms with Crippen LogP contribution in [0.5, 0.6) is 5.75 Å². The minimum absolute atomic E-state index is 0.118. The van der Waals surface area contributed by atoms with E-state index in [1.54, 1.807) is 43.5 Å². The van der Waals surface area contributed by atoms with Crippen LogP contribution in [0, 0.1) is 11.8 Å². The second kappa shape index (κ2) is 9.23. The lowest BCUT2D eigenvalue weighted by atomic mass is 9.81. The summed E-state index contributed by atoms with van der Waals surface area (Å²) in [5, 5.41) is 15.2. The van der Waals surface area contributed by atoms with Gasteiger partial charge in [0.1, 0.15) is 5.75 Å². The molecule has 0 spiro atoms. The molecule has 3 amide bonds. The molecule has 2 aromatic rings. The van der Waals surface area contributed by atoms with E-state index in [-0.39, 0.29) is 18.2 Å². The molecule has 0 aromatic heterocycles. The summed E-state index contributed by atoms with van der Waals surface area (Å²) >= 11 is 12.0. The number of amides is 3. The van der Waals surface area contributed by atoms with Crippen molar-refractivity contribution in [2.75, 3.05) is 17.7 Å². The number of fused-ring (bicyclic) bond motifs is 1. The molecule has 2 heterocycles. The average molecular weight is 478 g/mol. The van der Waals surface area contributed by atoms with Gasteiger partial charge in [-0.15, -0.1) is 0 Å². The van der Waals surface area contributed by atoms with Crippen molar-refractivity contribution < 1.29 is 19.1 Å². The Morgan fingerprint density at radius 2 is 1.72 bits per heavy atom. The number of carbonyl (C=O) groups is 3. The second-order valence-electron chi connectivity index (χ2n) is 7.51. The SMILES string of the molecule is COc1ccc(NC2NC(=O)C3C(NC(=O)CC3C(=O)Nc3cc(Cl)cc(Cl)c3)N2)cc1. The Kier molecular flexibility index (Phi) is 6.40. The molecule has 168 valence electrons. The van der Waals surface area contributed by atoms with Gasteiger partial charge in [0.15, 0.2) is 6.29 Å². The average Bonchev–Trinajstić information content (AvgIpc) is 2.72.